The number of nitrogens with one attached hydrogen (secondary N) is 1. The Hall–Kier alpha value is -1.64. The molecule has 1 aromatic carbocycles. The van der Waals surface area contributed by atoms with Crippen molar-refractivity contribution in [1.29, 1.82) is 0 Å². The molecule has 2 aliphatic heterocycles. The minimum absolute atomic E-state index is 0.121. The Bertz CT molecular complexity index is 779. The molecule has 1 aromatic rings. The van der Waals surface area contributed by atoms with Gasteiger partial charge in [0.05, 0.1) is 4.90 Å². The van der Waals surface area contributed by atoms with Crippen LogP contribution in [0.5, 0.6) is 0 Å². The second kappa shape index (κ2) is 6.51. The lowest BCUT2D eigenvalue weighted by atomic mass is 9.91. The highest BCUT2D eigenvalue weighted by molar-refractivity contribution is 7.89. The largest absolute Gasteiger partial charge is 0.368 e. The van der Waals surface area contributed by atoms with Gasteiger partial charge in [0.2, 0.25) is 15.9 Å². The van der Waals surface area contributed by atoms with E-state index >= 15 is 0 Å². The Balaban J connectivity index is 1.33. The molecule has 3 fully saturated rings. The predicted molar refractivity (Wildman–Crippen MR) is 99.3 cm³/mol. The van der Waals surface area contributed by atoms with Crippen LogP contribution in [0.4, 0.5) is 5.69 Å². The van der Waals surface area contributed by atoms with Crippen LogP contribution in [0.3, 0.4) is 0 Å². The first-order valence-corrected chi connectivity index (χ1v) is 10.8. The molecule has 1 aliphatic carbocycles. The van der Waals surface area contributed by atoms with Crippen molar-refractivity contribution in [2.75, 3.05) is 44.2 Å². The summed E-state index contributed by atoms with van der Waals surface area (Å²) in [5.74, 6) is 0.557. The van der Waals surface area contributed by atoms with E-state index in [1.807, 2.05) is 4.90 Å². The van der Waals surface area contributed by atoms with Crippen molar-refractivity contribution >= 4 is 21.6 Å². The SMILES string of the molecule is NS(=O)(=O)c1ccc(N2CCN(C(=O)C3CC34CCNCC4)CC2)cc1. The Labute approximate surface area is 154 Å². The van der Waals surface area contributed by atoms with Crippen LogP contribution < -0.4 is 15.4 Å². The molecule has 142 valence electrons. The minimum atomic E-state index is -3.66. The summed E-state index contributed by atoms with van der Waals surface area (Å²) in [7, 11) is -3.66. The summed E-state index contributed by atoms with van der Waals surface area (Å²) in [5.41, 5.74) is 1.24. The summed E-state index contributed by atoms with van der Waals surface area (Å²) in [4.78, 5) is 17.2. The van der Waals surface area contributed by atoms with Gasteiger partial charge in [0, 0.05) is 37.8 Å². The predicted octanol–water partition coefficient (Wildman–Crippen LogP) is 0.372. The summed E-state index contributed by atoms with van der Waals surface area (Å²) in [5, 5.41) is 8.52. The highest BCUT2D eigenvalue weighted by atomic mass is 32.2. The number of nitrogens with two attached hydrogens (primary N) is 1. The van der Waals surface area contributed by atoms with Crippen LogP contribution in [0.15, 0.2) is 29.2 Å². The maximum absolute atomic E-state index is 12.8. The quantitative estimate of drug-likeness (QED) is 0.792. The zero-order valence-corrected chi connectivity index (χ0v) is 15.7. The molecule has 3 aliphatic rings. The van der Waals surface area contributed by atoms with Gasteiger partial charge in [-0.1, -0.05) is 0 Å². The van der Waals surface area contributed by atoms with E-state index in [-0.39, 0.29) is 16.2 Å². The zero-order chi connectivity index (χ0) is 18.4. The summed E-state index contributed by atoms with van der Waals surface area (Å²) >= 11 is 0. The topological polar surface area (TPSA) is 95.7 Å². The number of hydrogen-bond acceptors (Lipinski definition) is 5. The van der Waals surface area contributed by atoms with Crippen molar-refractivity contribution in [3.05, 3.63) is 24.3 Å². The van der Waals surface area contributed by atoms with Gasteiger partial charge in [-0.3, -0.25) is 4.79 Å². The van der Waals surface area contributed by atoms with Gasteiger partial charge in [0.1, 0.15) is 0 Å². The molecule has 0 bridgehead atoms. The number of piperidine rings is 1. The third-order valence-electron chi connectivity index (χ3n) is 6.21. The van der Waals surface area contributed by atoms with E-state index in [0.29, 0.717) is 5.91 Å². The van der Waals surface area contributed by atoms with Crippen LogP contribution in [-0.4, -0.2) is 58.5 Å². The van der Waals surface area contributed by atoms with Crippen LogP contribution >= 0.6 is 0 Å². The van der Waals surface area contributed by atoms with Crippen LogP contribution in [0.1, 0.15) is 19.3 Å². The fraction of sp³-hybridized carbons (Fsp3) is 0.611. The molecule has 1 amide bonds. The molecular formula is C18H26N4O3S. The number of primary sulfonamides is 1. The van der Waals surface area contributed by atoms with E-state index in [2.05, 4.69) is 10.2 Å². The number of anilines is 1. The Morgan fingerprint density at radius 1 is 1.08 bits per heavy atom. The van der Waals surface area contributed by atoms with E-state index in [0.717, 1.165) is 64.2 Å². The van der Waals surface area contributed by atoms with Gasteiger partial charge < -0.3 is 15.1 Å². The molecule has 3 N–H and O–H groups in total. The number of nitrogens with zero attached hydrogens (tertiary/aromatic N) is 2. The van der Waals surface area contributed by atoms with Gasteiger partial charge in [0.15, 0.2) is 0 Å². The number of rotatable bonds is 3. The average molecular weight is 378 g/mol. The smallest absolute Gasteiger partial charge is 0.238 e. The molecule has 2 heterocycles. The Morgan fingerprint density at radius 3 is 2.27 bits per heavy atom. The highest BCUT2D eigenvalue weighted by Gasteiger charge is 2.58. The number of carbonyl (C=O) groups is 1. The summed E-state index contributed by atoms with van der Waals surface area (Å²) in [6.07, 6.45) is 3.31. The van der Waals surface area contributed by atoms with Gasteiger partial charge in [-0.05, 0) is 62.0 Å². The summed E-state index contributed by atoms with van der Waals surface area (Å²) < 4.78 is 22.7. The first-order valence-electron chi connectivity index (χ1n) is 9.26. The van der Waals surface area contributed by atoms with E-state index in [1.54, 1.807) is 12.1 Å². The van der Waals surface area contributed by atoms with Crippen molar-refractivity contribution in [1.82, 2.24) is 10.2 Å². The van der Waals surface area contributed by atoms with Gasteiger partial charge in [-0.15, -0.1) is 0 Å². The molecule has 1 spiro atoms. The molecule has 4 rings (SSSR count). The normalized spacial score (nSPS) is 25.3. The number of sulfonamides is 1. The zero-order valence-electron chi connectivity index (χ0n) is 14.9. The third kappa shape index (κ3) is 3.33. The lowest BCUT2D eigenvalue weighted by Gasteiger charge is -2.37. The molecule has 8 heteroatoms. The van der Waals surface area contributed by atoms with Gasteiger partial charge >= 0.3 is 0 Å². The van der Waals surface area contributed by atoms with E-state index in [9.17, 15) is 13.2 Å². The fourth-order valence-electron chi connectivity index (χ4n) is 4.43. The van der Waals surface area contributed by atoms with Crippen molar-refractivity contribution in [2.45, 2.75) is 24.2 Å². The molecule has 1 unspecified atom stereocenters. The summed E-state index contributed by atoms with van der Waals surface area (Å²) in [6.45, 7) is 5.04. The van der Waals surface area contributed by atoms with Crippen molar-refractivity contribution in [3.8, 4) is 0 Å². The second-order valence-electron chi connectivity index (χ2n) is 7.72. The van der Waals surface area contributed by atoms with Crippen LogP contribution in [-0.2, 0) is 14.8 Å². The number of hydrogen-bond donors (Lipinski definition) is 2. The molecule has 0 aromatic heterocycles. The van der Waals surface area contributed by atoms with Crippen molar-refractivity contribution in [3.63, 3.8) is 0 Å². The molecule has 1 saturated carbocycles. The highest BCUT2D eigenvalue weighted by Crippen LogP contribution is 2.59. The molecule has 26 heavy (non-hydrogen) atoms. The molecule has 2 saturated heterocycles. The van der Waals surface area contributed by atoms with Gasteiger partial charge in [-0.2, -0.15) is 0 Å². The van der Waals surface area contributed by atoms with Crippen LogP contribution in [0.2, 0.25) is 0 Å². The Kier molecular flexibility index (Phi) is 4.45. The lowest BCUT2D eigenvalue weighted by Crippen LogP contribution is -2.49. The van der Waals surface area contributed by atoms with Gasteiger partial charge in [-0.25, -0.2) is 13.6 Å². The maximum Gasteiger partial charge on any atom is 0.238 e. The lowest BCUT2D eigenvalue weighted by molar-refractivity contribution is -0.133. The average Bonchev–Trinajstić information content (AvgIpc) is 3.34. The van der Waals surface area contributed by atoms with Gasteiger partial charge in [0.25, 0.3) is 0 Å². The number of piperazine rings is 1. The van der Waals surface area contributed by atoms with Crippen LogP contribution in [0, 0.1) is 11.3 Å². The standard InChI is InChI=1S/C18H26N4O3S/c19-26(24,25)15-3-1-14(2-4-15)21-9-11-22(12-10-21)17(23)16-13-18(16)5-7-20-8-6-18/h1-4,16,20H,5-13H2,(H2,19,24,25). The minimum Gasteiger partial charge on any atom is -0.368 e. The van der Waals surface area contributed by atoms with Crippen molar-refractivity contribution in [2.24, 2.45) is 16.5 Å². The molecular weight excluding hydrogens is 352 g/mol. The Morgan fingerprint density at radius 2 is 1.69 bits per heavy atom. The second-order valence-corrected chi connectivity index (χ2v) is 9.28. The maximum atomic E-state index is 12.8. The third-order valence-corrected chi connectivity index (χ3v) is 7.14. The number of benzene rings is 1. The van der Waals surface area contributed by atoms with E-state index in [1.165, 1.54) is 12.1 Å². The van der Waals surface area contributed by atoms with Crippen molar-refractivity contribution < 1.29 is 13.2 Å². The number of amides is 1. The first-order chi connectivity index (χ1) is 12.4. The summed E-state index contributed by atoms with van der Waals surface area (Å²) in [6, 6.07) is 6.63. The molecule has 1 atom stereocenters. The monoisotopic (exact) mass is 378 g/mol. The number of carbonyl (C=O) groups excluding carboxylic acids is 1. The van der Waals surface area contributed by atoms with E-state index < -0.39 is 10.0 Å². The molecule has 0 radical (unpaired) electrons. The molecule has 7 nitrogen and oxygen atoms in total. The fourth-order valence-corrected chi connectivity index (χ4v) is 4.94. The van der Waals surface area contributed by atoms with Crippen LogP contribution in [0.25, 0.3) is 0 Å². The van der Waals surface area contributed by atoms with E-state index in [4.69, 9.17) is 5.14 Å². The first kappa shape index (κ1) is 17.8.